The number of carboxylic acids is 1. The predicted molar refractivity (Wildman–Crippen MR) is 107 cm³/mol. The first-order valence-corrected chi connectivity index (χ1v) is 11.5. The van der Waals surface area contributed by atoms with E-state index in [2.05, 4.69) is 13.8 Å². The minimum absolute atomic E-state index is 0.368. The van der Waals surface area contributed by atoms with Gasteiger partial charge in [0.1, 0.15) is 0 Å². The van der Waals surface area contributed by atoms with Gasteiger partial charge in [-0.05, 0) is 69.6 Å². The van der Waals surface area contributed by atoms with Gasteiger partial charge in [-0.15, -0.1) is 0 Å². The van der Waals surface area contributed by atoms with E-state index in [1.165, 1.54) is 38.5 Å². The summed E-state index contributed by atoms with van der Waals surface area (Å²) in [6, 6.07) is 0. The SMILES string of the molecule is CCCCCOC1CCC(C2(C(=O)O)CCC(CCCCC)CC2)CC1. The number of rotatable bonds is 11. The van der Waals surface area contributed by atoms with Crippen molar-refractivity contribution in [1.82, 2.24) is 0 Å². The third kappa shape index (κ3) is 5.97. The fraction of sp³-hybridized carbons (Fsp3) is 0.957. The van der Waals surface area contributed by atoms with Gasteiger partial charge >= 0.3 is 5.97 Å². The molecule has 0 saturated heterocycles. The molecule has 0 aromatic heterocycles. The van der Waals surface area contributed by atoms with E-state index in [0.29, 0.717) is 12.0 Å². The molecule has 0 heterocycles. The van der Waals surface area contributed by atoms with Gasteiger partial charge in [-0.3, -0.25) is 4.79 Å². The van der Waals surface area contributed by atoms with Crippen LogP contribution < -0.4 is 0 Å². The van der Waals surface area contributed by atoms with Gasteiger partial charge in [-0.2, -0.15) is 0 Å². The predicted octanol–water partition coefficient (Wildman–Crippen LogP) is 6.59. The number of hydrogen-bond donors (Lipinski definition) is 1. The molecule has 2 saturated carbocycles. The Hall–Kier alpha value is -0.570. The molecule has 2 fully saturated rings. The van der Waals surface area contributed by atoms with Crippen LogP contribution in [0.1, 0.15) is 110 Å². The molecule has 152 valence electrons. The molecule has 3 nitrogen and oxygen atoms in total. The maximum atomic E-state index is 12.2. The summed E-state index contributed by atoms with van der Waals surface area (Å²) in [5.74, 6) is 0.621. The first-order valence-electron chi connectivity index (χ1n) is 11.5. The Morgan fingerprint density at radius 1 is 0.923 bits per heavy atom. The summed E-state index contributed by atoms with van der Waals surface area (Å²) in [7, 11) is 0. The van der Waals surface area contributed by atoms with E-state index in [9.17, 15) is 9.90 Å². The van der Waals surface area contributed by atoms with E-state index in [1.807, 2.05) is 0 Å². The average Bonchev–Trinajstić information content (AvgIpc) is 2.66. The van der Waals surface area contributed by atoms with Gasteiger partial charge in [0.15, 0.2) is 0 Å². The second-order valence-electron chi connectivity index (χ2n) is 8.95. The highest BCUT2D eigenvalue weighted by atomic mass is 16.5. The van der Waals surface area contributed by atoms with E-state index < -0.39 is 11.4 Å². The van der Waals surface area contributed by atoms with Gasteiger partial charge < -0.3 is 9.84 Å². The minimum Gasteiger partial charge on any atom is -0.481 e. The van der Waals surface area contributed by atoms with Crippen molar-refractivity contribution in [3.05, 3.63) is 0 Å². The van der Waals surface area contributed by atoms with E-state index >= 15 is 0 Å². The smallest absolute Gasteiger partial charge is 0.309 e. The summed E-state index contributed by atoms with van der Waals surface area (Å²) in [6.07, 6.45) is 17.5. The molecule has 0 aromatic carbocycles. The zero-order valence-corrected chi connectivity index (χ0v) is 17.3. The van der Waals surface area contributed by atoms with Gasteiger partial charge in [0, 0.05) is 6.61 Å². The molecule has 2 aliphatic rings. The lowest BCUT2D eigenvalue weighted by Crippen LogP contribution is -2.44. The van der Waals surface area contributed by atoms with E-state index in [4.69, 9.17) is 4.74 Å². The highest BCUT2D eigenvalue weighted by Crippen LogP contribution is 2.50. The van der Waals surface area contributed by atoms with Crippen LogP contribution in [0.5, 0.6) is 0 Å². The highest BCUT2D eigenvalue weighted by Gasteiger charge is 2.48. The fourth-order valence-electron chi connectivity index (χ4n) is 5.35. The lowest BCUT2D eigenvalue weighted by atomic mass is 9.59. The number of ether oxygens (including phenoxy) is 1. The van der Waals surface area contributed by atoms with Crippen LogP contribution in [0.4, 0.5) is 0 Å². The quantitative estimate of drug-likeness (QED) is 0.419. The Labute approximate surface area is 161 Å². The Kier molecular flexibility index (Phi) is 9.45. The van der Waals surface area contributed by atoms with Gasteiger partial charge in [-0.1, -0.05) is 52.4 Å². The van der Waals surface area contributed by atoms with Gasteiger partial charge in [0.25, 0.3) is 0 Å². The van der Waals surface area contributed by atoms with E-state index in [0.717, 1.165) is 70.3 Å². The molecule has 0 spiro atoms. The lowest BCUT2D eigenvalue weighted by molar-refractivity contribution is -0.158. The molecule has 0 unspecified atom stereocenters. The van der Waals surface area contributed by atoms with Crippen molar-refractivity contribution in [2.75, 3.05) is 6.61 Å². The van der Waals surface area contributed by atoms with Crippen LogP contribution in [0.3, 0.4) is 0 Å². The molecule has 0 radical (unpaired) electrons. The van der Waals surface area contributed by atoms with Crippen molar-refractivity contribution in [1.29, 1.82) is 0 Å². The van der Waals surface area contributed by atoms with Crippen LogP contribution >= 0.6 is 0 Å². The highest BCUT2D eigenvalue weighted by molar-refractivity contribution is 5.75. The lowest BCUT2D eigenvalue weighted by Gasteiger charge is -2.45. The summed E-state index contributed by atoms with van der Waals surface area (Å²) in [6.45, 7) is 5.35. The first kappa shape index (κ1) is 21.7. The largest absolute Gasteiger partial charge is 0.481 e. The molecule has 0 bridgehead atoms. The van der Waals surface area contributed by atoms with Gasteiger partial charge in [-0.25, -0.2) is 0 Å². The Balaban J connectivity index is 1.79. The maximum absolute atomic E-state index is 12.2. The zero-order chi connectivity index (χ0) is 18.8. The Morgan fingerprint density at radius 3 is 2.12 bits per heavy atom. The van der Waals surface area contributed by atoms with Crippen molar-refractivity contribution in [2.45, 2.75) is 116 Å². The second-order valence-corrected chi connectivity index (χ2v) is 8.95. The molecule has 2 aliphatic carbocycles. The molecule has 26 heavy (non-hydrogen) atoms. The molecule has 0 aliphatic heterocycles. The average molecular weight is 367 g/mol. The van der Waals surface area contributed by atoms with Crippen molar-refractivity contribution in [3.63, 3.8) is 0 Å². The molecule has 2 rings (SSSR count). The molecule has 0 aromatic rings. The fourth-order valence-corrected chi connectivity index (χ4v) is 5.35. The molecular weight excluding hydrogens is 324 g/mol. The van der Waals surface area contributed by atoms with E-state index in [-0.39, 0.29) is 0 Å². The topological polar surface area (TPSA) is 46.5 Å². The standard InChI is InChI=1S/C23H42O3/c1-3-5-7-9-19-14-16-23(17-15-19,22(24)25)20-10-12-21(13-11-20)26-18-8-6-4-2/h19-21H,3-18H2,1-2H3,(H,24,25). The van der Waals surface area contributed by atoms with Crippen LogP contribution in [-0.4, -0.2) is 23.8 Å². The monoisotopic (exact) mass is 366 g/mol. The first-order chi connectivity index (χ1) is 12.6. The van der Waals surface area contributed by atoms with Crippen LogP contribution in [0.15, 0.2) is 0 Å². The maximum Gasteiger partial charge on any atom is 0.309 e. The normalized spacial score (nSPS) is 32.5. The number of carboxylic acid groups (broad SMARTS) is 1. The molecule has 0 atom stereocenters. The van der Waals surface area contributed by atoms with Crippen molar-refractivity contribution >= 4 is 5.97 Å². The molecule has 3 heteroatoms. The zero-order valence-electron chi connectivity index (χ0n) is 17.3. The van der Waals surface area contributed by atoms with Crippen molar-refractivity contribution in [2.24, 2.45) is 17.3 Å². The van der Waals surface area contributed by atoms with Crippen LogP contribution in [0.2, 0.25) is 0 Å². The third-order valence-corrected chi connectivity index (χ3v) is 7.20. The summed E-state index contributed by atoms with van der Waals surface area (Å²) < 4.78 is 6.04. The van der Waals surface area contributed by atoms with Crippen molar-refractivity contribution in [3.8, 4) is 0 Å². The molecule has 0 amide bonds. The summed E-state index contributed by atoms with van der Waals surface area (Å²) >= 11 is 0. The van der Waals surface area contributed by atoms with Crippen molar-refractivity contribution < 1.29 is 14.6 Å². The second kappa shape index (κ2) is 11.3. The summed E-state index contributed by atoms with van der Waals surface area (Å²) in [5.41, 5.74) is -0.436. The van der Waals surface area contributed by atoms with Crippen LogP contribution in [-0.2, 0) is 9.53 Å². The van der Waals surface area contributed by atoms with E-state index in [1.54, 1.807) is 0 Å². The molecule has 1 N–H and O–H groups in total. The number of unbranched alkanes of at least 4 members (excludes halogenated alkanes) is 4. The molecular formula is C23H42O3. The minimum atomic E-state index is -0.517. The number of hydrogen-bond acceptors (Lipinski definition) is 2. The summed E-state index contributed by atoms with van der Waals surface area (Å²) in [4.78, 5) is 12.2. The summed E-state index contributed by atoms with van der Waals surface area (Å²) in [5, 5.41) is 10.1. The third-order valence-electron chi connectivity index (χ3n) is 7.20. The van der Waals surface area contributed by atoms with Gasteiger partial charge in [0.2, 0.25) is 0 Å². The number of aliphatic carboxylic acids is 1. The van der Waals surface area contributed by atoms with Gasteiger partial charge in [0.05, 0.1) is 11.5 Å². The van der Waals surface area contributed by atoms with Crippen LogP contribution in [0.25, 0.3) is 0 Å². The Morgan fingerprint density at radius 2 is 1.54 bits per heavy atom. The van der Waals surface area contributed by atoms with Crippen LogP contribution in [0, 0.1) is 17.3 Å². The number of carbonyl (C=O) groups is 1. The Bertz CT molecular complexity index is 390.